The Bertz CT molecular complexity index is 755. The van der Waals surface area contributed by atoms with Crippen molar-refractivity contribution < 1.29 is 14.1 Å². The number of aryl methyl sites for hydroxylation is 1. The molecule has 0 aromatic carbocycles. The maximum Gasteiger partial charge on any atom is 0.390 e. The lowest BCUT2D eigenvalue weighted by molar-refractivity contribution is -0.389. The minimum absolute atomic E-state index is 0.314. The number of thiophene rings is 1. The van der Waals surface area contributed by atoms with Gasteiger partial charge in [-0.05, 0) is 30.4 Å². The summed E-state index contributed by atoms with van der Waals surface area (Å²) in [4.78, 5) is 22.9. The first kappa shape index (κ1) is 16.7. The Labute approximate surface area is 134 Å². The maximum atomic E-state index is 12.8. The van der Waals surface area contributed by atoms with Crippen LogP contribution in [0.4, 0.5) is 10.2 Å². The third kappa shape index (κ3) is 3.97. The molecule has 0 aliphatic heterocycles. The number of aromatic nitrogens is 2. The molecule has 1 N–H and O–H groups in total. The molecular weight excluding hydrogens is 325 g/mol. The summed E-state index contributed by atoms with van der Waals surface area (Å²) >= 11 is 0.899. The van der Waals surface area contributed by atoms with E-state index in [1.807, 2.05) is 0 Å². The van der Waals surface area contributed by atoms with Crippen LogP contribution in [-0.4, -0.2) is 26.8 Å². The summed E-state index contributed by atoms with van der Waals surface area (Å²) in [5.41, 5.74) is 2.84. The molecule has 0 radical (unpaired) electrons. The van der Waals surface area contributed by atoms with E-state index in [9.17, 15) is 19.3 Å². The third-order valence-corrected chi connectivity index (χ3v) is 3.85. The standard InChI is InChI=1S/C13H14FN5O3S/c1-3-10(18-8(2)6-12(17-18)19(21)22)13(20)16-15-7-9-4-5-11(14)23-9/h4-7,10H,3H2,1-2H3,(H,16,20)/b15-7+. The summed E-state index contributed by atoms with van der Waals surface area (Å²) in [7, 11) is 0. The monoisotopic (exact) mass is 339 g/mol. The van der Waals surface area contributed by atoms with Crippen LogP contribution in [-0.2, 0) is 4.79 Å². The Kier molecular flexibility index (Phi) is 5.16. The summed E-state index contributed by atoms with van der Waals surface area (Å²) in [5.74, 6) is -0.770. The SMILES string of the molecule is CCC(C(=O)N/N=C/c1ccc(F)s1)n1nc([N+](=O)[O-])cc1C. The van der Waals surface area contributed by atoms with Gasteiger partial charge in [-0.2, -0.15) is 14.2 Å². The Hall–Kier alpha value is -2.62. The molecule has 1 unspecified atom stereocenters. The third-order valence-electron chi connectivity index (χ3n) is 3.04. The Balaban J connectivity index is 2.09. The average molecular weight is 339 g/mol. The summed E-state index contributed by atoms with van der Waals surface area (Å²) < 4.78 is 14.1. The molecule has 0 fully saturated rings. The number of nitrogens with one attached hydrogen (secondary N) is 1. The van der Waals surface area contributed by atoms with Gasteiger partial charge in [0.1, 0.15) is 0 Å². The minimum atomic E-state index is -0.721. The molecule has 2 aromatic rings. The maximum absolute atomic E-state index is 12.8. The van der Waals surface area contributed by atoms with E-state index in [1.54, 1.807) is 13.8 Å². The lowest BCUT2D eigenvalue weighted by Gasteiger charge is -2.11. The van der Waals surface area contributed by atoms with Crippen LogP contribution in [0, 0.1) is 22.2 Å². The topological polar surface area (TPSA) is 102 Å². The summed E-state index contributed by atoms with van der Waals surface area (Å²) in [6.07, 6.45) is 1.71. The number of hydrogen-bond donors (Lipinski definition) is 1. The van der Waals surface area contributed by atoms with E-state index in [0.717, 1.165) is 11.3 Å². The van der Waals surface area contributed by atoms with Gasteiger partial charge in [-0.3, -0.25) is 4.79 Å². The van der Waals surface area contributed by atoms with Gasteiger partial charge >= 0.3 is 5.82 Å². The molecule has 8 nitrogen and oxygen atoms in total. The molecule has 122 valence electrons. The lowest BCUT2D eigenvalue weighted by atomic mass is 10.2. The number of carbonyl (C=O) groups is 1. The van der Waals surface area contributed by atoms with Gasteiger partial charge in [0.2, 0.25) is 0 Å². The molecule has 2 heterocycles. The number of halogens is 1. The van der Waals surface area contributed by atoms with Crippen LogP contribution in [0.25, 0.3) is 0 Å². The van der Waals surface area contributed by atoms with Crippen LogP contribution in [0.2, 0.25) is 0 Å². The first-order chi connectivity index (χ1) is 10.9. The van der Waals surface area contributed by atoms with Crippen LogP contribution in [0.1, 0.15) is 30.0 Å². The lowest BCUT2D eigenvalue weighted by Crippen LogP contribution is -2.30. The number of hydrazone groups is 1. The van der Waals surface area contributed by atoms with E-state index in [1.165, 1.54) is 29.1 Å². The van der Waals surface area contributed by atoms with Crippen molar-refractivity contribution in [3.8, 4) is 0 Å². The quantitative estimate of drug-likeness (QED) is 0.496. The number of carbonyl (C=O) groups excluding carboxylic acids is 1. The zero-order valence-electron chi connectivity index (χ0n) is 12.4. The second-order valence-electron chi connectivity index (χ2n) is 4.65. The fourth-order valence-corrected chi connectivity index (χ4v) is 2.58. The molecule has 0 saturated heterocycles. The van der Waals surface area contributed by atoms with E-state index in [4.69, 9.17) is 0 Å². The van der Waals surface area contributed by atoms with Gasteiger partial charge in [-0.25, -0.2) is 5.43 Å². The number of nitro groups is 1. The fourth-order valence-electron chi connectivity index (χ4n) is 1.98. The van der Waals surface area contributed by atoms with Crippen LogP contribution >= 0.6 is 11.3 Å². The Morgan fingerprint density at radius 1 is 1.65 bits per heavy atom. The van der Waals surface area contributed by atoms with Crippen molar-refractivity contribution in [3.05, 3.63) is 44.0 Å². The summed E-state index contributed by atoms with van der Waals surface area (Å²) in [5, 5.41) is 18.0. The number of amides is 1. The molecule has 2 aromatic heterocycles. The van der Waals surface area contributed by atoms with Gasteiger partial charge in [-0.15, -0.1) is 11.3 Å². The van der Waals surface area contributed by atoms with Gasteiger partial charge in [-0.1, -0.05) is 6.92 Å². The molecule has 0 aliphatic rings. The van der Waals surface area contributed by atoms with Crippen molar-refractivity contribution in [2.75, 3.05) is 0 Å². The van der Waals surface area contributed by atoms with Crippen molar-refractivity contribution in [2.24, 2.45) is 5.10 Å². The first-order valence-corrected chi connectivity index (χ1v) is 7.52. The van der Waals surface area contributed by atoms with Crippen molar-refractivity contribution in [1.82, 2.24) is 15.2 Å². The van der Waals surface area contributed by atoms with E-state index in [0.29, 0.717) is 17.0 Å². The highest BCUT2D eigenvalue weighted by Crippen LogP contribution is 2.19. The van der Waals surface area contributed by atoms with Gasteiger partial charge in [0, 0.05) is 0 Å². The van der Waals surface area contributed by atoms with Crippen LogP contribution < -0.4 is 5.43 Å². The van der Waals surface area contributed by atoms with Gasteiger partial charge in [0.25, 0.3) is 5.91 Å². The number of rotatable bonds is 6. The second-order valence-corrected chi connectivity index (χ2v) is 5.71. The van der Waals surface area contributed by atoms with E-state index in [2.05, 4.69) is 15.6 Å². The van der Waals surface area contributed by atoms with Crippen molar-refractivity contribution >= 4 is 29.3 Å². The average Bonchev–Trinajstić information content (AvgIpc) is 3.07. The second kappa shape index (κ2) is 7.09. The predicted octanol–water partition coefficient (Wildman–Crippen LogP) is 2.40. The van der Waals surface area contributed by atoms with Gasteiger partial charge in [0.05, 0.1) is 28.0 Å². The Morgan fingerprint density at radius 3 is 2.91 bits per heavy atom. The van der Waals surface area contributed by atoms with Crippen LogP contribution in [0.5, 0.6) is 0 Å². The molecule has 10 heteroatoms. The van der Waals surface area contributed by atoms with Gasteiger partial charge in [0.15, 0.2) is 11.2 Å². The first-order valence-electron chi connectivity index (χ1n) is 6.71. The minimum Gasteiger partial charge on any atom is -0.358 e. The van der Waals surface area contributed by atoms with Crippen LogP contribution in [0.15, 0.2) is 23.3 Å². The number of nitrogens with zero attached hydrogens (tertiary/aromatic N) is 4. The Morgan fingerprint density at radius 2 is 2.39 bits per heavy atom. The van der Waals surface area contributed by atoms with Gasteiger partial charge < -0.3 is 10.1 Å². The molecule has 0 bridgehead atoms. The van der Waals surface area contributed by atoms with E-state index >= 15 is 0 Å². The van der Waals surface area contributed by atoms with Crippen LogP contribution in [0.3, 0.4) is 0 Å². The zero-order valence-corrected chi connectivity index (χ0v) is 13.2. The molecule has 0 saturated carbocycles. The smallest absolute Gasteiger partial charge is 0.358 e. The van der Waals surface area contributed by atoms with E-state index < -0.39 is 16.9 Å². The largest absolute Gasteiger partial charge is 0.390 e. The molecule has 0 spiro atoms. The highest BCUT2D eigenvalue weighted by atomic mass is 32.1. The molecular formula is C13H14FN5O3S. The highest BCUT2D eigenvalue weighted by molar-refractivity contribution is 7.12. The fraction of sp³-hybridized carbons (Fsp3) is 0.308. The van der Waals surface area contributed by atoms with Crippen molar-refractivity contribution in [2.45, 2.75) is 26.3 Å². The van der Waals surface area contributed by atoms with Crippen molar-refractivity contribution in [1.29, 1.82) is 0 Å². The molecule has 1 amide bonds. The predicted molar refractivity (Wildman–Crippen MR) is 83.0 cm³/mol. The number of hydrogen-bond acceptors (Lipinski definition) is 6. The van der Waals surface area contributed by atoms with Crippen molar-refractivity contribution in [3.63, 3.8) is 0 Å². The normalized spacial score (nSPS) is 12.5. The molecule has 1 atom stereocenters. The zero-order chi connectivity index (χ0) is 17.0. The van der Waals surface area contributed by atoms with E-state index in [-0.39, 0.29) is 10.9 Å². The molecule has 23 heavy (non-hydrogen) atoms. The highest BCUT2D eigenvalue weighted by Gasteiger charge is 2.26. The summed E-state index contributed by atoms with van der Waals surface area (Å²) in [6, 6.07) is 3.41. The summed E-state index contributed by atoms with van der Waals surface area (Å²) in [6.45, 7) is 3.39. The molecule has 0 aliphatic carbocycles. The molecule has 2 rings (SSSR count).